The molecule has 1 aromatic rings. The zero-order valence-corrected chi connectivity index (χ0v) is 11.2. The number of hydrogen-bond donors (Lipinski definition) is 1. The molecule has 5 atom stereocenters. The van der Waals surface area contributed by atoms with Crippen LogP contribution in [-0.4, -0.2) is 21.0 Å². The van der Waals surface area contributed by atoms with Crippen LogP contribution in [0.4, 0.5) is 0 Å². The number of fused-ring (bicyclic) bond motifs is 5. The van der Waals surface area contributed by atoms with Crippen molar-refractivity contribution >= 4 is 0 Å². The number of aliphatic hydroxyl groups is 1. The minimum atomic E-state index is -0.141. The van der Waals surface area contributed by atoms with Gasteiger partial charge in [0.1, 0.15) is 0 Å². The highest BCUT2D eigenvalue weighted by molar-refractivity contribution is 5.17. The summed E-state index contributed by atoms with van der Waals surface area (Å²) in [5, 5.41) is 14.9. The Kier molecular flexibility index (Phi) is 2.20. The fourth-order valence-corrected chi connectivity index (χ4v) is 5.11. The summed E-state index contributed by atoms with van der Waals surface area (Å²) in [6.45, 7) is 2.02. The minimum absolute atomic E-state index is 0.141. The molecule has 3 aliphatic rings. The monoisotopic (exact) mass is 246 g/mol. The first-order chi connectivity index (χ1) is 8.65. The van der Waals surface area contributed by atoms with Crippen molar-refractivity contribution in [2.24, 2.45) is 36.6 Å². The predicted octanol–water partition coefficient (Wildman–Crippen LogP) is 1.92. The largest absolute Gasteiger partial charge is 0.392 e. The average Bonchev–Trinajstić information content (AvgIpc) is 2.61. The molecule has 3 heteroatoms. The molecule has 3 nitrogen and oxygen atoms in total. The number of nitrogens with zero attached hydrogens (tertiary/aromatic N) is 2. The number of aryl methyl sites for hydroxylation is 2. The third-order valence-corrected chi connectivity index (χ3v) is 5.76. The molecular weight excluding hydrogens is 224 g/mol. The van der Waals surface area contributed by atoms with Gasteiger partial charge in [-0.05, 0) is 61.8 Å². The van der Waals surface area contributed by atoms with E-state index in [1.165, 1.54) is 25.0 Å². The molecule has 0 spiro atoms. The topological polar surface area (TPSA) is 38.0 Å². The van der Waals surface area contributed by atoms with E-state index in [0.717, 1.165) is 35.8 Å². The highest BCUT2D eigenvalue weighted by Crippen LogP contribution is 2.70. The standard InChI is InChI=1S/C15H22N2O/c1-8-5-11(17(2)16-8)7-12(18)15-13-9-3-4-10(6-9)14(13)15/h5,9-10,12-15,18H,3-4,6-7H2,1-2H3. The van der Waals surface area contributed by atoms with Gasteiger partial charge in [0.25, 0.3) is 0 Å². The summed E-state index contributed by atoms with van der Waals surface area (Å²) in [4.78, 5) is 0. The quantitative estimate of drug-likeness (QED) is 0.885. The van der Waals surface area contributed by atoms with E-state index in [2.05, 4.69) is 11.2 Å². The molecule has 3 saturated carbocycles. The van der Waals surface area contributed by atoms with Crippen molar-refractivity contribution in [3.63, 3.8) is 0 Å². The second kappa shape index (κ2) is 3.60. The van der Waals surface area contributed by atoms with E-state index in [1.807, 2.05) is 18.7 Å². The first-order valence-electron chi connectivity index (χ1n) is 7.32. The van der Waals surface area contributed by atoms with Crippen LogP contribution in [-0.2, 0) is 13.5 Å². The molecule has 98 valence electrons. The van der Waals surface area contributed by atoms with Crippen LogP contribution in [0.5, 0.6) is 0 Å². The second-order valence-corrected chi connectivity index (χ2v) is 6.74. The van der Waals surface area contributed by atoms with Crippen molar-refractivity contribution in [3.05, 3.63) is 17.5 Å². The van der Waals surface area contributed by atoms with Crippen molar-refractivity contribution < 1.29 is 5.11 Å². The summed E-state index contributed by atoms with van der Waals surface area (Å²) in [5.74, 6) is 4.24. The van der Waals surface area contributed by atoms with Crippen LogP contribution < -0.4 is 0 Å². The molecule has 3 aliphatic carbocycles. The maximum absolute atomic E-state index is 10.5. The van der Waals surface area contributed by atoms with Gasteiger partial charge in [-0.15, -0.1) is 0 Å². The molecule has 0 amide bonds. The number of aromatic nitrogens is 2. The highest BCUT2D eigenvalue weighted by atomic mass is 16.3. The molecule has 2 bridgehead atoms. The highest BCUT2D eigenvalue weighted by Gasteiger charge is 2.66. The van der Waals surface area contributed by atoms with Gasteiger partial charge in [0, 0.05) is 19.2 Å². The van der Waals surface area contributed by atoms with Gasteiger partial charge in [-0.1, -0.05) is 0 Å². The molecule has 5 unspecified atom stereocenters. The Hall–Kier alpha value is -0.830. The van der Waals surface area contributed by atoms with Crippen LogP contribution in [0, 0.1) is 36.5 Å². The maximum Gasteiger partial charge on any atom is 0.0629 e. The van der Waals surface area contributed by atoms with E-state index in [9.17, 15) is 5.11 Å². The van der Waals surface area contributed by atoms with Crippen molar-refractivity contribution in [1.82, 2.24) is 9.78 Å². The van der Waals surface area contributed by atoms with Crippen LogP contribution >= 0.6 is 0 Å². The molecule has 0 radical (unpaired) electrons. The Labute approximate surface area is 108 Å². The molecule has 1 aromatic heterocycles. The zero-order valence-electron chi connectivity index (χ0n) is 11.2. The normalized spacial score (nSPS) is 42.1. The lowest BCUT2D eigenvalue weighted by molar-refractivity contribution is 0.126. The predicted molar refractivity (Wildman–Crippen MR) is 69.0 cm³/mol. The number of aliphatic hydroxyl groups excluding tert-OH is 1. The Morgan fingerprint density at radius 1 is 1.39 bits per heavy atom. The Morgan fingerprint density at radius 2 is 2.06 bits per heavy atom. The molecule has 0 aromatic carbocycles. The maximum atomic E-state index is 10.5. The smallest absolute Gasteiger partial charge is 0.0629 e. The Morgan fingerprint density at radius 3 is 2.61 bits per heavy atom. The van der Waals surface area contributed by atoms with Crippen LogP contribution in [0.25, 0.3) is 0 Å². The van der Waals surface area contributed by atoms with E-state index >= 15 is 0 Å². The molecule has 1 heterocycles. The van der Waals surface area contributed by atoms with Gasteiger partial charge in [-0.25, -0.2) is 0 Å². The second-order valence-electron chi connectivity index (χ2n) is 6.74. The van der Waals surface area contributed by atoms with Gasteiger partial charge in [0.15, 0.2) is 0 Å². The summed E-state index contributed by atoms with van der Waals surface area (Å²) in [7, 11) is 1.98. The molecule has 4 rings (SSSR count). The first kappa shape index (κ1) is 11.0. The molecule has 0 saturated heterocycles. The van der Waals surface area contributed by atoms with E-state index in [1.54, 1.807) is 0 Å². The van der Waals surface area contributed by atoms with E-state index < -0.39 is 0 Å². The lowest BCUT2D eigenvalue weighted by Crippen LogP contribution is -2.20. The van der Waals surface area contributed by atoms with Gasteiger partial charge in [0.05, 0.1) is 11.8 Å². The van der Waals surface area contributed by atoms with Crippen LogP contribution in [0.2, 0.25) is 0 Å². The summed E-state index contributed by atoms with van der Waals surface area (Å²) in [6, 6.07) is 2.11. The van der Waals surface area contributed by atoms with Gasteiger partial charge >= 0.3 is 0 Å². The van der Waals surface area contributed by atoms with Crippen LogP contribution in [0.1, 0.15) is 30.7 Å². The minimum Gasteiger partial charge on any atom is -0.392 e. The van der Waals surface area contributed by atoms with Gasteiger partial charge in [0.2, 0.25) is 0 Å². The molecule has 18 heavy (non-hydrogen) atoms. The summed E-state index contributed by atoms with van der Waals surface area (Å²) < 4.78 is 1.92. The van der Waals surface area contributed by atoms with Crippen molar-refractivity contribution in [3.8, 4) is 0 Å². The molecular formula is C15H22N2O. The van der Waals surface area contributed by atoms with E-state index in [-0.39, 0.29) is 6.10 Å². The average molecular weight is 246 g/mol. The lowest BCUT2D eigenvalue weighted by Gasteiger charge is -2.15. The fraction of sp³-hybridized carbons (Fsp3) is 0.800. The summed E-state index contributed by atoms with van der Waals surface area (Å²) >= 11 is 0. The lowest BCUT2D eigenvalue weighted by atomic mass is 9.96. The molecule has 3 fully saturated rings. The van der Waals surface area contributed by atoms with Gasteiger partial charge in [-0.2, -0.15) is 5.10 Å². The van der Waals surface area contributed by atoms with Crippen molar-refractivity contribution in [2.75, 3.05) is 0 Å². The third kappa shape index (κ3) is 1.43. The molecule has 1 N–H and O–H groups in total. The number of hydrogen-bond acceptors (Lipinski definition) is 2. The first-order valence-corrected chi connectivity index (χ1v) is 7.32. The van der Waals surface area contributed by atoms with E-state index in [4.69, 9.17) is 0 Å². The molecule has 0 aliphatic heterocycles. The Bertz CT molecular complexity index is 465. The van der Waals surface area contributed by atoms with Crippen molar-refractivity contribution in [2.45, 2.75) is 38.7 Å². The van der Waals surface area contributed by atoms with Gasteiger partial charge < -0.3 is 5.11 Å². The van der Waals surface area contributed by atoms with Gasteiger partial charge in [-0.3, -0.25) is 4.68 Å². The SMILES string of the molecule is Cc1cc(CC(O)C2C3C4CCC(C4)C23)n(C)n1. The number of rotatable bonds is 3. The van der Waals surface area contributed by atoms with E-state index in [0.29, 0.717) is 5.92 Å². The summed E-state index contributed by atoms with van der Waals surface area (Å²) in [5.41, 5.74) is 2.23. The van der Waals surface area contributed by atoms with Crippen LogP contribution in [0.3, 0.4) is 0 Å². The third-order valence-electron chi connectivity index (χ3n) is 5.76. The summed E-state index contributed by atoms with van der Waals surface area (Å²) in [6.07, 6.45) is 4.97. The Balaban J connectivity index is 1.46. The van der Waals surface area contributed by atoms with Crippen LogP contribution in [0.15, 0.2) is 6.07 Å². The fourth-order valence-electron chi connectivity index (χ4n) is 5.11. The zero-order chi connectivity index (χ0) is 12.4. The van der Waals surface area contributed by atoms with Crippen molar-refractivity contribution in [1.29, 1.82) is 0 Å².